The number of hydrogen-bond acceptors (Lipinski definition) is 3. The average molecular weight is 227 g/mol. The van der Waals surface area contributed by atoms with Crippen LogP contribution in [0.5, 0.6) is 0 Å². The zero-order chi connectivity index (χ0) is 11.8. The van der Waals surface area contributed by atoms with Crippen molar-refractivity contribution in [3.63, 3.8) is 0 Å². The largest absolute Gasteiger partial charge is 0.355 e. The first-order chi connectivity index (χ1) is 7.72. The minimum atomic E-state index is 0.0257. The fourth-order valence-electron chi connectivity index (χ4n) is 1.66. The van der Waals surface area contributed by atoms with E-state index in [4.69, 9.17) is 0 Å². The van der Waals surface area contributed by atoms with Crippen LogP contribution in [-0.2, 0) is 9.59 Å². The molecule has 92 valence electrons. The first kappa shape index (κ1) is 13.0. The Morgan fingerprint density at radius 1 is 1.56 bits per heavy atom. The fourth-order valence-corrected chi connectivity index (χ4v) is 1.66. The summed E-state index contributed by atoms with van der Waals surface area (Å²) in [6.45, 7) is 3.84. The fraction of sp³-hybridized carbons (Fsp3) is 0.818. The van der Waals surface area contributed by atoms with E-state index >= 15 is 0 Å². The molecule has 0 aromatic carbocycles. The third kappa shape index (κ3) is 5.11. The van der Waals surface area contributed by atoms with Gasteiger partial charge in [-0.1, -0.05) is 13.3 Å². The van der Waals surface area contributed by atoms with Crippen LogP contribution in [-0.4, -0.2) is 37.5 Å². The van der Waals surface area contributed by atoms with Gasteiger partial charge in [-0.2, -0.15) is 0 Å². The molecule has 1 aliphatic rings. The van der Waals surface area contributed by atoms with Crippen molar-refractivity contribution < 1.29 is 9.59 Å². The zero-order valence-electron chi connectivity index (χ0n) is 9.84. The molecule has 1 fully saturated rings. The number of unbranched alkanes of at least 4 members (excludes halogenated alkanes) is 1. The molecular formula is C11H21N3O2. The van der Waals surface area contributed by atoms with Crippen LogP contribution in [0, 0.1) is 0 Å². The number of carbonyl (C=O) groups is 2. The van der Waals surface area contributed by atoms with E-state index in [1.807, 2.05) is 0 Å². The van der Waals surface area contributed by atoms with E-state index in [-0.39, 0.29) is 17.9 Å². The molecule has 0 radical (unpaired) electrons. The molecule has 0 aliphatic carbocycles. The van der Waals surface area contributed by atoms with E-state index in [9.17, 15) is 9.59 Å². The molecule has 3 N–H and O–H groups in total. The number of rotatable bonds is 7. The van der Waals surface area contributed by atoms with Crippen LogP contribution in [0.3, 0.4) is 0 Å². The van der Waals surface area contributed by atoms with E-state index in [2.05, 4.69) is 22.9 Å². The summed E-state index contributed by atoms with van der Waals surface area (Å²) in [6.07, 6.45) is 3.57. The molecule has 1 rings (SSSR count). The van der Waals surface area contributed by atoms with Crippen LogP contribution in [0.2, 0.25) is 0 Å². The zero-order valence-corrected chi connectivity index (χ0v) is 9.84. The van der Waals surface area contributed by atoms with Gasteiger partial charge < -0.3 is 16.0 Å². The highest BCUT2D eigenvalue weighted by Gasteiger charge is 2.19. The highest BCUT2D eigenvalue weighted by atomic mass is 16.2. The number of amides is 2. The summed E-state index contributed by atoms with van der Waals surface area (Å²) in [4.78, 5) is 22.2. The van der Waals surface area contributed by atoms with Gasteiger partial charge in [0.25, 0.3) is 0 Å². The smallest absolute Gasteiger partial charge is 0.233 e. The number of hydrogen-bond donors (Lipinski definition) is 3. The molecule has 0 spiro atoms. The predicted molar refractivity (Wildman–Crippen MR) is 62.0 cm³/mol. The first-order valence-corrected chi connectivity index (χ1v) is 5.99. The van der Waals surface area contributed by atoms with E-state index in [0.29, 0.717) is 19.5 Å². The summed E-state index contributed by atoms with van der Waals surface area (Å²) in [6, 6.07) is 0.191. The van der Waals surface area contributed by atoms with Gasteiger partial charge in [0.15, 0.2) is 0 Å². The second-order valence-corrected chi connectivity index (χ2v) is 4.14. The Morgan fingerprint density at radius 2 is 2.38 bits per heavy atom. The third-order valence-electron chi connectivity index (χ3n) is 2.61. The standard InChI is InChI=1S/C11H21N3O2/c1-2-3-6-13-11(16)8-12-7-9-4-5-10(15)14-9/h9,12H,2-8H2,1H3,(H,13,16)(H,14,15). The molecule has 0 aromatic heterocycles. The van der Waals surface area contributed by atoms with Crippen molar-refractivity contribution in [1.82, 2.24) is 16.0 Å². The van der Waals surface area contributed by atoms with Crippen molar-refractivity contribution in [2.45, 2.75) is 38.6 Å². The summed E-state index contributed by atoms with van der Waals surface area (Å²) in [7, 11) is 0. The van der Waals surface area contributed by atoms with Gasteiger partial charge >= 0.3 is 0 Å². The summed E-state index contributed by atoms with van der Waals surface area (Å²) >= 11 is 0. The molecule has 0 saturated carbocycles. The SMILES string of the molecule is CCCCNC(=O)CNCC1CCC(=O)N1. The van der Waals surface area contributed by atoms with Crippen molar-refractivity contribution in [3.8, 4) is 0 Å². The number of nitrogens with one attached hydrogen (secondary N) is 3. The second-order valence-electron chi connectivity index (χ2n) is 4.14. The lowest BCUT2D eigenvalue weighted by atomic mass is 10.2. The number of carbonyl (C=O) groups excluding carboxylic acids is 2. The molecular weight excluding hydrogens is 206 g/mol. The molecule has 1 unspecified atom stereocenters. The van der Waals surface area contributed by atoms with Gasteiger partial charge in [-0.05, 0) is 12.8 Å². The van der Waals surface area contributed by atoms with Gasteiger partial charge in [0.1, 0.15) is 0 Å². The molecule has 1 aliphatic heterocycles. The van der Waals surface area contributed by atoms with Crippen molar-refractivity contribution >= 4 is 11.8 Å². The Kier molecular flexibility index (Phi) is 5.85. The van der Waals surface area contributed by atoms with Crippen molar-refractivity contribution in [2.75, 3.05) is 19.6 Å². The van der Waals surface area contributed by atoms with Crippen molar-refractivity contribution in [1.29, 1.82) is 0 Å². The van der Waals surface area contributed by atoms with Crippen LogP contribution < -0.4 is 16.0 Å². The van der Waals surface area contributed by atoms with Crippen LogP contribution in [0.1, 0.15) is 32.6 Å². The van der Waals surface area contributed by atoms with Crippen LogP contribution >= 0.6 is 0 Å². The first-order valence-electron chi connectivity index (χ1n) is 5.99. The molecule has 5 nitrogen and oxygen atoms in total. The summed E-state index contributed by atoms with van der Waals surface area (Å²) < 4.78 is 0. The Bertz CT molecular complexity index is 243. The van der Waals surface area contributed by atoms with Gasteiger partial charge in [0.2, 0.25) is 11.8 Å². The summed E-state index contributed by atoms with van der Waals surface area (Å²) in [5.74, 6) is 0.136. The molecule has 5 heteroatoms. The van der Waals surface area contributed by atoms with E-state index in [1.54, 1.807) is 0 Å². The van der Waals surface area contributed by atoms with E-state index in [0.717, 1.165) is 25.8 Å². The van der Waals surface area contributed by atoms with E-state index in [1.165, 1.54) is 0 Å². The Hall–Kier alpha value is -1.10. The van der Waals surface area contributed by atoms with Crippen LogP contribution in [0.4, 0.5) is 0 Å². The van der Waals surface area contributed by atoms with Gasteiger partial charge in [-0.3, -0.25) is 9.59 Å². The van der Waals surface area contributed by atoms with E-state index < -0.39 is 0 Å². The van der Waals surface area contributed by atoms with Gasteiger partial charge in [-0.15, -0.1) is 0 Å². The lowest BCUT2D eigenvalue weighted by Crippen LogP contribution is -2.40. The maximum Gasteiger partial charge on any atom is 0.233 e. The van der Waals surface area contributed by atoms with Gasteiger partial charge in [-0.25, -0.2) is 0 Å². The molecule has 1 atom stereocenters. The normalized spacial score (nSPS) is 19.6. The Morgan fingerprint density at radius 3 is 3.00 bits per heavy atom. The minimum Gasteiger partial charge on any atom is -0.355 e. The minimum absolute atomic E-state index is 0.0257. The summed E-state index contributed by atoms with van der Waals surface area (Å²) in [5, 5.41) is 8.72. The van der Waals surface area contributed by atoms with Crippen molar-refractivity contribution in [2.24, 2.45) is 0 Å². The molecule has 16 heavy (non-hydrogen) atoms. The lowest BCUT2D eigenvalue weighted by molar-refractivity contribution is -0.120. The topological polar surface area (TPSA) is 70.2 Å². The molecule has 2 amide bonds. The maximum atomic E-state index is 11.3. The highest BCUT2D eigenvalue weighted by molar-refractivity contribution is 5.79. The highest BCUT2D eigenvalue weighted by Crippen LogP contribution is 2.04. The van der Waals surface area contributed by atoms with Crippen LogP contribution in [0.25, 0.3) is 0 Å². The molecule has 1 heterocycles. The molecule has 1 saturated heterocycles. The predicted octanol–water partition coefficient (Wildman–Crippen LogP) is -0.229. The van der Waals surface area contributed by atoms with Gasteiger partial charge in [0, 0.05) is 25.6 Å². The van der Waals surface area contributed by atoms with Crippen molar-refractivity contribution in [3.05, 3.63) is 0 Å². The summed E-state index contributed by atoms with van der Waals surface area (Å²) in [5.41, 5.74) is 0. The Labute approximate surface area is 96.4 Å². The average Bonchev–Trinajstić information content (AvgIpc) is 2.65. The monoisotopic (exact) mass is 227 g/mol. The van der Waals surface area contributed by atoms with Crippen LogP contribution in [0.15, 0.2) is 0 Å². The molecule has 0 bridgehead atoms. The van der Waals surface area contributed by atoms with Gasteiger partial charge in [0.05, 0.1) is 6.54 Å². The third-order valence-corrected chi connectivity index (χ3v) is 2.61. The second kappa shape index (κ2) is 7.22. The molecule has 0 aromatic rings. The maximum absolute atomic E-state index is 11.3. The quantitative estimate of drug-likeness (QED) is 0.526. The lowest BCUT2D eigenvalue weighted by Gasteiger charge is -2.11. The Balaban J connectivity index is 1.98.